The van der Waals surface area contributed by atoms with E-state index in [1.54, 1.807) is 13.8 Å². The fraction of sp³-hybridized carbons (Fsp3) is 0.417. The van der Waals surface area contributed by atoms with Crippen LogP contribution in [0.2, 0.25) is 0 Å². The van der Waals surface area contributed by atoms with Gasteiger partial charge in [0.1, 0.15) is 5.82 Å². The fourth-order valence-electron chi connectivity index (χ4n) is 3.81. The van der Waals surface area contributed by atoms with Crippen LogP contribution in [0.5, 0.6) is 0 Å². The first kappa shape index (κ1) is 24.9. The van der Waals surface area contributed by atoms with Crippen LogP contribution in [0, 0.1) is 5.82 Å². The second-order valence-corrected chi connectivity index (χ2v) is 10.3. The van der Waals surface area contributed by atoms with Gasteiger partial charge in [0.2, 0.25) is 15.9 Å². The lowest BCUT2D eigenvalue weighted by Crippen LogP contribution is -2.46. The van der Waals surface area contributed by atoms with Crippen molar-refractivity contribution in [2.45, 2.75) is 56.5 Å². The van der Waals surface area contributed by atoms with Crippen molar-refractivity contribution < 1.29 is 22.4 Å². The largest absolute Gasteiger partial charge is 0.353 e. The summed E-state index contributed by atoms with van der Waals surface area (Å²) in [4.78, 5) is 26.5. The molecule has 0 atom stereocenters. The zero-order valence-corrected chi connectivity index (χ0v) is 19.7. The Labute approximate surface area is 194 Å². The minimum atomic E-state index is -3.85. The standard InChI is InChI=1S/C24H30FN3O4S/c1-17(2)27-33(31,32)20-9-10-22(25)21(16-20)24(30)28-14-12-19(13-15-28)26-23(29)11-8-18-6-4-3-5-7-18/h3-7,9-10,16-17,19,27H,8,11-15H2,1-2H3,(H,26,29). The number of amides is 2. The molecular weight excluding hydrogens is 445 g/mol. The summed E-state index contributed by atoms with van der Waals surface area (Å²) in [7, 11) is -3.85. The lowest BCUT2D eigenvalue weighted by atomic mass is 10.0. The number of nitrogens with zero attached hydrogens (tertiary/aromatic N) is 1. The summed E-state index contributed by atoms with van der Waals surface area (Å²) in [5.41, 5.74) is 0.829. The Morgan fingerprint density at radius 1 is 1.09 bits per heavy atom. The third-order valence-corrected chi connectivity index (χ3v) is 7.16. The third kappa shape index (κ3) is 6.85. The van der Waals surface area contributed by atoms with Crippen LogP contribution >= 0.6 is 0 Å². The number of halogens is 1. The number of rotatable bonds is 8. The molecule has 0 unspecified atom stereocenters. The van der Waals surface area contributed by atoms with E-state index in [0.29, 0.717) is 38.8 Å². The van der Waals surface area contributed by atoms with Crippen molar-refractivity contribution in [2.75, 3.05) is 13.1 Å². The highest BCUT2D eigenvalue weighted by atomic mass is 32.2. The Morgan fingerprint density at radius 3 is 2.39 bits per heavy atom. The lowest BCUT2D eigenvalue weighted by molar-refractivity contribution is -0.122. The van der Waals surface area contributed by atoms with E-state index < -0.39 is 21.7 Å². The van der Waals surface area contributed by atoms with Gasteiger partial charge >= 0.3 is 0 Å². The van der Waals surface area contributed by atoms with Gasteiger partial charge in [-0.15, -0.1) is 0 Å². The zero-order chi connectivity index (χ0) is 24.0. The van der Waals surface area contributed by atoms with E-state index >= 15 is 0 Å². The predicted octanol–water partition coefficient (Wildman–Crippen LogP) is 2.87. The Kier molecular flexibility index (Phi) is 8.20. The topological polar surface area (TPSA) is 95.6 Å². The maximum Gasteiger partial charge on any atom is 0.256 e. The molecular formula is C24H30FN3O4S. The summed E-state index contributed by atoms with van der Waals surface area (Å²) >= 11 is 0. The molecule has 0 aliphatic carbocycles. The zero-order valence-electron chi connectivity index (χ0n) is 18.9. The third-order valence-electron chi connectivity index (χ3n) is 5.50. The molecule has 2 aromatic rings. The molecule has 33 heavy (non-hydrogen) atoms. The van der Waals surface area contributed by atoms with Crippen molar-refractivity contribution in [2.24, 2.45) is 0 Å². The fourth-order valence-corrected chi connectivity index (χ4v) is 5.09. The molecule has 0 radical (unpaired) electrons. The van der Waals surface area contributed by atoms with Crippen LogP contribution < -0.4 is 10.0 Å². The van der Waals surface area contributed by atoms with Crippen molar-refractivity contribution in [3.63, 3.8) is 0 Å². The van der Waals surface area contributed by atoms with Crippen molar-refractivity contribution >= 4 is 21.8 Å². The number of hydrogen-bond donors (Lipinski definition) is 2. The van der Waals surface area contributed by atoms with Crippen LogP contribution in [0.1, 0.15) is 49.0 Å². The smallest absolute Gasteiger partial charge is 0.256 e. The molecule has 2 aromatic carbocycles. The molecule has 2 N–H and O–H groups in total. The summed E-state index contributed by atoms with van der Waals surface area (Å²) in [6.45, 7) is 4.06. The molecule has 7 nitrogen and oxygen atoms in total. The minimum absolute atomic E-state index is 0.0368. The lowest BCUT2D eigenvalue weighted by Gasteiger charge is -2.32. The molecule has 3 rings (SSSR count). The maximum absolute atomic E-state index is 14.4. The molecule has 1 fully saturated rings. The molecule has 2 amide bonds. The average Bonchev–Trinajstić information content (AvgIpc) is 2.78. The normalized spacial score (nSPS) is 15.0. The van der Waals surface area contributed by atoms with Gasteiger partial charge in [-0.05, 0) is 56.9 Å². The summed E-state index contributed by atoms with van der Waals surface area (Å²) in [5, 5.41) is 3.01. The van der Waals surface area contributed by atoms with Crippen LogP contribution in [-0.4, -0.2) is 50.3 Å². The molecule has 0 bridgehead atoms. The molecule has 1 aliphatic heterocycles. The summed E-state index contributed by atoms with van der Waals surface area (Å²) in [6.07, 6.45) is 2.16. The molecule has 1 saturated heterocycles. The highest BCUT2D eigenvalue weighted by molar-refractivity contribution is 7.89. The van der Waals surface area contributed by atoms with Crippen molar-refractivity contribution in [3.8, 4) is 0 Å². The van der Waals surface area contributed by atoms with Crippen molar-refractivity contribution in [1.29, 1.82) is 0 Å². The van der Waals surface area contributed by atoms with E-state index in [1.165, 1.54) is 4.90 Å². The SMILES string of the molecule is CC(C)NS(=O)(=O)c1ccc(F)c(C(=O)N2CCC(NC(=O)CCc3ccccc3)CC2)c1. The van der Waals surface area contributed by atoms with Gasteiger partial charge in [0.25, 0.3) is 5.91 Å². The van der Waals surface area contributed by atoms with Gasteiger partial charge in [0.05, 0.1) is 10.5 Å². The molecule has 178 valence electrons. The number of carbonyl (C=O) groups is 2. The van der Waals surface area contributed by atoms with Gasteiger partial charge in [0.15, 0.2) is 0 Å². The van der Waals surface area contributed by atoms with Gasteiger partial charge in [-0.25, -0.2) is 17.5 Å². The number of piperidine rings is 1. The van der Waals surface area contributed by atoms with Gasteiger partial charge < -0.3 is 10.2 Å². The van der Waals surface area contributed by atoms with E-state index in [4.69, 9.17) is 0 Å². The summed E-state index contributed by atoms with van der Waals surface area (Å²) in [5.74, 6) is -1.35. The van der Waals surface area contributed by atoms with Crippen LogP contribution in [0.4, 0.5) is 4.39 Å². The van der Waals surface area contributed by atoms with Crippen molar-refractivity contribution in [1.82, 2.24) is 14.9 Å². The van der Waals surface area contributed by atoms with E-state index in [9.17, 15) is 22.4 Å². The summed E-state index contributed by atoms with van der Waals surface area (Å²) in [6, 6.07) is 12.6. The highest BCUT2D eigenvalue weighted by Gasteiger charge is 2.27. The average molecular weight is 476 g/mol. The number of likely N-dealkylation sites (tertiary alicyclic amines) is 1. The number of hydrogen-bond acceptors (Lipinski definition) is 4. The molecule has 9 heteroatoms. The van der Waals surface area contributed by atoms with E-state index in [0.717, 1.165) is 23.8 Å². The highest BCUT2D eigenvalue weighted by Crippen LogP contribution is 2.20. The van der Waals surface area contributed by atoms with Crippen molar-refractivity contribution in [3.05, 3.63) is 65.5 Å². The van der Waals surface area contributed by atoms with Crippen LogP contribution in [0.3, 0.4) is 0 Å². The Bertz CT molecular complexity index is 1080. The van der Waals surface area contributed by atoms with Gasteiger partial charge in [0, 0.05) is 31.6 Å². The second-order valence-electron chi connectivity index (χ2n) is 8.54. The van der Waals surface area contributed by atoms with Gasteiger partial charge in [-0.1, -0.05) is 30.3 Å². The Balaban J connectivity index is 1.56. The number of aryl methyl sites for hydroxylation is 1. The first-order chi connectivity index (χ1) is 15.7. The number of sulfonamides is 1. The van der Waals surface area contributed by atoms with Gasteiger partial charge in [-0.3, -0.25) is 9.59 Å². The minimum Gasteiger partial charge on any atom is -0.353 e. The molecule has 1 aliphatic rings. The van der Waals surface area contributed by atoms with Gasteiger partial charge in [-0.2, -0.15) is 0 Å². The quantitative estimate of drug-likeness (QED) is 0.614. The monoisotopic (exact) mass is 475 g/mol. The summed E-state index contributed by atoms with van der Waals surface area (Å²) < 4.78 is 41.6. The first-order valence-electron chi connectivity index (χ1n) is 11.1. The molecule has 0 aromatic heterocycles. The predicted molar refractivity (Wildman–Crippen MR) is 124 cm³/mol. The number of carbonyl (C=O) groups excluding carboxylic acids is 2. The molecule has 0 saturated carbocycles. The van der Waals surface area contributed by atoms with E-state index in [-0.39, 0.29) is 28.4 Å². The Hall–Kier alpha value is -2.78. The molecule has 0 spiro atoms. The Morgan fingerprint density at radius 2 is 1.76 bits per heavy atom. The molecule has 1 heterocycles. The second kappa shape index (κ2) is 10.9. The first-order valence-corrected chi connectivity index (χ1v) is 12.6. The maximum atomic E-state index is 14.4. The van der Waals surface area contributed by atoms with Crippen LogP contribution in [0.15, 0.2) is 53.4 Å². The van der Waals surface area contributed by atoms with E-state index in [2.05, 4.69) is 10.0 Å². The van der Waals surface area contributed by atoms with E-state index in [1.807, 2.05) is 30.3 Å². The number of benzene rings is 2. The number of nitrogens with one attached hydrogen (secondary N) is 2. The van der Waals surface area contributed by atoms with Crippen LogP contribution in [-0.2, 0) is 21.2 Å². The van der Waals surface area contributed by atoms with Crippen LogP contribution in [0.25, 0.3) is 0 Å².